The van der Waals surface area contributed by atoms with E-state index in [1.54, 1.807) is 0 Å². The van der Waals surface area contributed by atoms with Gasteiger partial charge in [-0.2, -0.15) is 0 Å². The highest BCUT2D eigenvalue weighted by Gasteiger charge is 2.40. The normalized spacial score (nSPS) is 13.7. The van der Waals surface area contributed by atoms with Gasteiger partial charge in [-0.15, -0.1) is 0 Å². The van der Waals surface area contributed by atoms with Crippen LogP contribution < -0.4 is 15.0 Å². The molecule has 1 N–H and O–H groups in total. The lowest BCUT2D eigenvalue weighted by Gasteiger charge is -2.17. The number of rotatable bonds is 6. The van der Waals surface area contributed by atoms with Gasteiger partial charge in [-0.05, 0) is 80.3 Å². The van der Waals surface area contributed by atoms with E-state index < -0.39 is 0 Å². The number of carbonyl (C=O) groups excluding carboxylic acids is 2. The maximum Gasteiger partial charge on any atom is 0.282 e. The van der Waals surface area contributed by atoms with Crippen molar-refractivity contribution in [1.82, 2.24) is 0 Å². The largest absolute Gasteiger partial charge is 0.494 e. The van der Waals surface area contributed by atoms with Crippen LogP contribution in [0, 0.1) is 20.8 Å². The third-order valence-electron chi connectivity index (χ3n) is 5.41. The molecule has 1 aliphatic heterocycles. The van der Waals surface area contributed by atoms with Crippen LogP contribution in [0.1, 0.15) is 29.2 Å². The predicted octanol–water partition coefficient (Wildman–Crippen LogP) is 5.41. The Morgan fingerprint density at radius 2 is 1.50 bits per heavy atom. The number of amides is 2. The monoisotopic (exact) mass is 426 g/mol. The van der Waals surface area contributed by atoms with Gasteiger partial charge in [-0.25, -0.2) is 4.90 Å². The number of benzene rings is 3. The highest BCUT2D eigenvalue weighted by molar-refractivity contribution is 6.46. The van der Waals surface area contributed by atoms with Crippen LogP contribution in [0.5, 0.6) is 5.75 Å². The zero-order chi connectivity index (χ0) is 22.8. The number of hydrogen-bond donors (Lipinski definition) is 1. The van der Waals surface area contributed by atoms with Crippen molar-refractivity contribution in [3.63, 3.8) is 0 Å². The number of nitrogens with zero attached hydrogens (tertiary/aromatic N) is 1. The maximum absolute atomic E-state index is 13.6. The molecule has 5 heteroatoms. The van der Waals surface area contributed by atoms with Crippen molar-refractivity contribution < 1.29 is 14.3 Å². The number of aryl methyl sites for hydroxylation is 3. The van der Waals surface area contributed by atoms with Gasteiger partial charge in [0.2, 0.25) is 0 Å². The van der Waals surface area contributed by atoms with Gasteiger partial charge < -0.3 is 10.1 Å². The molecule has 162 valence electrons. The minimum absolute atomic E-state index is 0.271. The Balaban J connectivity index is 1.82. The number of para-hydroxylation sites is 1. The molecule has 0 saturated carbocycles. The summed E-state index contributed by atoms with van der Waals surface area (Å²) >= 11 is 0. The van der Waals surface area contributed by atoms with E-state index in [4.69, 9.17) is 4.74 Å². The summed E-state index contributed by atoms with van der Waals surface area (Å²) < 4.78 is 5.53. The minimum Gasteiger partial charge on any atom is -0.494 e. The molecular formula is C27H26N2O3. The van der Waals surface area contributed by atoms with Gasteiger partial charge in [0.15, 0.2) is 0 Å². The molecule has 0 aromatic heterocycles. The molecule has 3 aromatic carbocycles. The molecular weight excluding hydrogens is 400 g/mol. The highest BCUT2D eigenvalue weighted by atomic mass is 16.5. The van der Waals surface area contributed by atoms with E-state index in [2.05, 4.69) is 5.32 Å². The standard InChI is InChI=1S/C27H26N2O3/c1-5-32-22-12-10-20(11-13-22)24-25(28-23-9-7-6-8-19(23)4)27(31)29(26(24)30)21-15-17(2)14-18(3)16-21/h6-16,28H,5H2,1-4H3. The second kappa shape index (κ2) is 8.71. The van der Waals surface area contributed by atoms with Crippen LogP contribution in [0.4, 0.5) is 11.4 Å². The molecule has 0 spiro atoms. The third kappa shape index (κ3) is 4.02. The predicted molar refractivity (Wildman–Crippen MR) is 128 cm³/mol. The fourth-order valence-electron chi connectivity index (χ4n) is 3.96. The van der Waals surface area contributed by atoms with E-state index in [0.29, 0.717) is 29.2 Å². The van der Waals surface area contributed by atoms with Crippen LogP contribution in [0.3, 0.4) is 0 Å². The first-order chi connectivity index (χ1) is 15.4. The van der Waals surface area contributed by atoms with Gasteiger partial charge in [0.1, 0.15) is 11.4 Å². The Hall–Kier alpha value is -3.86. The topological polar surface area (TPSA) is 58.6 Å². The zero-order valence-electron chi connectivity index (χ0n) is 18.7. The summed E-state index contributed by atoms with van der Waals surface area (Å²) in [6, 6.07) is 20.7. The number of nitrogens with one attached hydrogen (secondary N) is 1. The summed E-state index contributed by atoms with van der Waals surface area (Å²) in [5, 5.41) is 3.24. The molecule has 0 fully saturated rings. The SMILES string of the molecule is CCOc1ccc(C2=C(Nc3ccccc3C)C(=O)N(c3cc(C)cc(C)c3)C2=O)cc1. The van der Waals surface area contributed by atoms with Crippen molar-refractivity contribution in [2.24, 2.45) is 0 Å². The fourth-order valence-corrected chi connectivity index (χ4v) is 3.96. The quantitative estimate of drug-likeness (QED) is 0.536. The molecule has 0 radical (unpaired) electrons. The van der Waals surface area contributed by atoms with Crippen LogP contribution in [0.15, 0.2) is 72.4 Å². The van der Waals surface area contributed by atoms with Gasteiger partial charge in [-0.1, -0.05) is 36.4 Å². The summed E-state index contributed by atoms with van der Waals surface area (Å²) in [5.74, 6) is 0.000539. The first-order valence-electron chi connectivity index (χ1n) is 10.7. The smallest absolute Gasteiger partial charge is 0.282 e. The van der Waals surface area contributed by atoms with E-state index >= 15 is 0 Å². The molecule has 5 nitrogen and oxygen atoms in total. The van der Waals surface area contributed by atoms with E-state index in [1.165, 1.54) is 4.90 Å². The van der Waals surface area contributed by atoms with Crippen molar-refractivity contribution in [3.8, 4) is 5.75 Å². The van der Waals surface area contributed by atoms with Crippen molar-refractivity contribution in [2.75, 3.05) is 16.8 Å². The molecule has 0 unspecified atom stereocenters. The molecule has 1 heterocycles. The van der Waals surface area contributed by atoms with Crippen LogP contribution in [-0.2, 0) is 9.59 Å². The Bertz CT molecular complexity index is 1210. The third-order valence-corrected chi connectivity index (χ3v) is 5.41. The second-order valence-electron chi connectivity index (χ2n) is 7.94. The summed E-state index contributed by atoms with van der Waals surface area (Å²) in [4.78, 5) is 28.4. The van der Waals surface area contributed by atoms with E-state index in [0.717, 1.165) is 22.4 Å². The Morgan fingerprint density at radius 3 is 2.12 bits per heavy atom. The first-order valence-corrected chi connectivity index (χ1v) is 10.7. The molecule has 2 amide bonds. The zero-order valence-corrected chi connectivity index (χ0v) is 18.7. The summed E-state index contributed by atoms with van der Waals surface area (Å²) in [6.07, 6.45) is 0. The van der Waals surface area contributed by atoms with E-state index in [9.17, 15) is 9.59 Å². The van der Waals surface area contributed by atoms with E-state index in [-0.39, 0.29) is 17.5 Å². The van der Waals surface area contributed by atoms with Gasteiger partial charge in [0.25, 0.3) is 11.8 Å². The summed E-state index contributed by atoms with van der Waals surface area (Å²) in [7, 11) is 0. The summed E-state index contributed by atoms with van der Waals surface area (Å²) in [6.45, 7) is 8.34. The molecule has 0 atom stereocenters. The average Bonchev–Trinajstić information content (AvgIpc) is 2.99. The number of ether oxygens (including phenoxy) is 1. The van der Waals surface area contributed by atoms with Crippen LogP contribution in [0.25, 0.3) is 5.57 Å². The molecule has 0 bridgehead atoms. The highest BCUT2D eigenvalue weighted by Crippen LogP contribution is 2.35. The van der Waals surface area contributed by atoms with Crippen LogP contribution >= 0.6 is 0 Å². The molecule has 3 aromatic rings. The molecule has 4 rings (SSSR count). The van der Waals surface area contributed by atoms with Crippen molar-refractivity contribution in [1.29, 1.82) is 0 Å². The first kappa shape index (κ1) is 21.4. The average molecular weight is 427 g/mol. The lowest BCUT2D eigenvalue weighted by molar-refractivity contribution is -0.120. The number of hydrogen-bond acceptors (Lipinski definition) is 4. The number of anilines is 2. The fraction of sp³-hybridized carbons (Fsp3) is 0.185. The van der Waals surface area contributed by atoms with Crippen LogP contribution in [-0.4, -0.2) is 18.4 Å². The molecule has 0 saturated heterocycles. The lowest BCUT2D eigenvalue weighted by Crippen LogP contribution is -2.32. The van der Waals surface area contributed by atoms with Gasteiger partial charge in [0.05, 0.1) is 17.9 Å². The molecule has 0 aliphatic carbocycles. The van der Waals surface area contributed by atoms with Gasteiger partial charge >= 0.3 is 0 Å². The van der Waals surface area contributed by atoms with Crippen LogP contribution in [0.2, 0.25) is 0 Å². The Kier molecular flexibility index (Phi) is 5.82. The van der Waals surface area contributed by atoms with Gasteiger partial charge in [0, 0.05) is 5.69 Å². The molecule has 1 aliphatic rings. The number of carbonyl (C=O) groups is 2. The van der Waals surface area contributed by atoms with Crippen molar-refractivity contribution >= 4 is 28.8 Å². The van der Waals surface area contributed by atoms with Crippen molar-refractivity contribution in [2.45, 2.75) is 27.7 Å². The minimum atomic E-state index is -0.368. The van der Waals surface area contributed by atoms with Crippen molar-refractivity contribution in [3.05, 3.63) is 94.7 Å². The molecule has 32 heavy (non-hydrogen) atoms. The summed E-state index contributed by atoms with van der Waals surface area (Å²) in [5.41, 5.74) is 5.60. The Labute approximate surface area is 188 Å². The second-order valence-corrected chi connectivity index (χ2v) is 7.94. The van der Waals surface area contributed by atoms with E-state index in [1.807, 2.05) is 94.4 Å². The lowest BCUT2D eigenvalue weighted by atomic mass is 10.0. The maximum atomic E-state index is 13.6. The van der Waals surface area contributed by atoms with Gasteiger partial charge in [-0.3, -0.25) is 9.59 Å². The Morgan fingerprint density at radius 1 is 0.844 bits per heavy atom. The number of imide groups is 1.